The molecule has 1 N–H and O–H groups in total. The summed E-state index contributed by atoms with van der Waals surface area (Å²) >= 11 is 6.31. The summed E-state index contributed by atoms with van der Waals surface area (Å²) in [7, 11) is -3.43. The predicted octanol–water partition coefficient (Wildman–Crippen LogP) is 5.77. The average molecular weight is 509 g/mol. The molecule has 8 nitrogen and oxygen atoms in total. The normalized spacial score (nSPS) is 11.1. The van der Waals surface area contributed by atoms with Gasteiger partial charge in [-0.3, -0.25) is 9.71 Å². The van der Waals surface area contributed by atoms with Gasteiger partial charge in [0.1, 0.15) is 17.6 Å². The van der Waals surface area contributed by atoms with Crippen molar-refractivity contribution in [2.24, 2.45) is 0 Å². The Morgan fingerprint density at radius 1 is 1.03 bits per heavy atom. The minimum absolute atomic E-state index is 0.166. The van der Waals surface area contributed by atoms with Crippen LogP contribution in [0.5, 0.6) is 17.2 Å². The highest BCUT2D eigenvalue weighted by Crippen LogP contribution is 2.35. The van der Waals surface area contributed by atoms with Crippen molar-refractivity contribution in [1.29, 1.82) is 5.26 Å². The first-order valence-corrected chi connectivity index (χ1v) is 12.9. The Kier molecular flexibility index (Phi) is 7.05. The molecule has 35 heavy (non-hydrogen) atoms. The van der Waals surface area contributed by atoms with Gasteiger partial charge in [0, 0.05) is 12.1 Å². The van der Waals surface area contributed by atoms with Crippen molar-refractivity contribution < 1.29 is 17.9 Å². The molecule has 10 heteroatoms. The quantitative estimate of drug-likeness (QED) is 0.321. The van der Waals surface area contributed by atoms with Crippen molar-refractivity contribution in [3.8, 4) is 34.4 Å². The van der Waals surface area contributed by atoms with Crippen molar-refractivity contribution in [3.63, 3.8) is 0 Å². The lowest BCUT2D eigenvalue weighted by atomic mass is 10.0. The molecule has 4 aromatic rings. The number of aromatic nitrogens is 2. The van der Waals surface area contributed by atoms with Crippen LogP contribution >= 0.6 is 11.6 Å². The Labute approximate surface area is 208 Å². The summed E-state index contributed by atoms with van der Waals surface area (Å²) in [4.78, 5) is 8.60. The van der Waals surface area contributed by atoms with Crippen LogP contribution in [0.25, 0.3) is 22.2 Å². The van der Waals surface area contributed by atoms with E-state index in [1.807, 2.05) is 43.3 Å². The Balaban J connectivity index is 1.53. The molecule has 0 fully saturated rings. The number of fused-ring (bicyclic) bond motifs is 1. The number of benzene rings is 3. The van der Waals surface area contributed by atoms with E-state index in [4.69, 9.17) is 21.1 Å². The topological polar surface area (TPSA) is 114 Å². The molecular formula is C25H21ClN4O4S. The van der Waals surface area contributed by atoms with E-state index in [0.29, 0.717) is 45.5 Å². The fourth-order valence-corrected chi connectivity index (χ4v) is 4.08. The molecule has 1 heterocycles. The second-order valence-electron chi connectivity index (χ2n) is 7.70. The molecule has 1 aromatic heterocycles. The molecule has 0 amide bonds. The van der Waals surface area contributed by atoms with Gasteiger partial charge in [-0.25, -0.2) is 13.4 Å². The number of nitrogens with one attached hydrogen (secondary N) is 1. The predicted molar refractivity (Wildman–Crippen MR) is 135 cm³/mol. The fourth-order valence-electron chi connectivity index (χ4n) is 3.34. The first kappa shape index (κ1) is 24.3. The highest BCUT2D eigenvalue weighted by Gasteiger charge is 2.13. The van der Waals surface area contributed by atoms with Crippen LogP contribution in [0, 0.1) is 11.3 Å². The number of rotatable bonds is 8. The Morgan fingerprint density at radius 2 is 1.77 bits per heavy atom. The monoisotopic (exact) mass is 508 g/mol. The van der Waals surface area contributed by atoms with Crippen LogP contribution in [0.2, 0.25) is 5.02 Å². The zero-order valence-corrected chi connectivity index (χ0v) is 20.5. The van der Waals surface area contributed by atoms with E-state index in [9.17, 15) is 13.7 Å². The summed E-state index contributed by atoms with van der Waals surface area (Å²) in [6.07, 6.45) is 3.24. The van der Waals surface area contributed by atoms with Gasteiger partial charge in [-0.1, -0.05) is 36.7 Å². The van der Waals surface area contributed by atoms with E-state index < -0.39 is 10.0 Å². The van der Waals surface area contributed by atoms with Crippen molar-refractivity contribution >= 4 is 38.5 Å². The number of hydrogen-bond acceptors (Lipinski definition) is 7. The molecule has 0 aliphatic heterocycles. The highest BCUT2D eigenvalue weighted by atomic mass is 35.5. The summed E-state index contributed by atoms with van der Waals surface area (Å²) in [6, 6.07) is 18.3. The van der Waals surface area contributed by atoms with Gasteiger partial charge in [-0.15, -0.1) is 0 Å². The maximum atomic E-state index is 11.4. The number of hydrogen-bond donors (Lipinski definition) is 1. The maximum Gasteiger partial charge on any atom is 0.231 e. The molecule has 0 atom stereocenters. The molecule has 0 saturated heterocycles. The highest BCUT2D eigenvalue weighted by molar-refractivity contribution is 7.92. The third-order valence-corrected chi connectivity index (χ3v) is 5.70. The summed E-state index contributed by atoms with van der Waals surface area (Å²) in [5.74, 6) is 1.53. The van der Waals surface area contributed by atoms with Gasteiger partial charge >= 0.3 is 0 Å². The maximum absolute atomic E-state index is 11.4. The van der Waals surface area contributed by atoms with Crippen molar-refractivity contribution in [2.75, 3.05) is 17.6 Å². The molecule has 0 bridgehead atoms. The lowest BCUT2D eigenvalue weighted by Crippen LogP contribution is -2.11. The average Bonchev–Trinajstić information content (AvgIpc) is 2.82. The molecule has 4 rings (SSSR count). The molecule has 178 valence electrons. The van der Waals surface area contributed by atoms with E-state index >= 15 is 0 Å². The Hall–Kier alpha value is -3.87. The van der Waals surface area contributed by atoms with Gasteiger partial charge in [-0.05, 0) is 41.8 Å². The first-order valence-electron chi connectivity index (χ1n) is 10.6. The van der Waals surface area contributed by atoms with Gasteiger partial charge in [-0.2, -0.15) is 5.26 Å². The lowest BCUT2D eigenvalue weighted by molar-refractivity contribution is 0.316. The molecule has 0 aliphatic carbocycles. The molecular weight excluding hydrogens is 488 g/mol. The van der Waals surface area contributed by atoms with Crippen LogP contribution in [-0.4, -0.2) is 31.2 Å². The van der Waals surface area contributed by atoms with Crippen LogP contribution < -0.4 is 14.2 Å². The molecule has 0 aliphatic rings. The number of nitrogens with zero attached hydrogens (tertiary/aromatic N) is 3. The molecule has 0 spiro atoms. The van der Waals surface area contributed by atoms with Gasteiger partial charge < -0.3 is 9.47 Å². The SMILES string of the molecule is CCCOc1c(Cl)cc(Oc2ccc(-c3ccc4nc(NS(C)(=O)=O)cnc4c3)cc2)cc1C#N. The van der Waals surface area contributed by atoms with Gasteiger partial charge in [0.25, 0.3) is 0 Å². The van der Waals surface area contributed by atoms with Crippen LogP contribution in [-0.2, 0) is 10.0 Å². The Morgan fingerprint density at radius 3 is 2.46 bits per heavy atom. The minimum atomic E-state index is -3.43. The molecule has 3 aromatic carbocycles. The van der Waals surface area contributed by atoms with E-state index in [-0.39, 0.29) is 5.82 Å². The zero-order chi connectivity index (χ0) is 25.0. The number of halogens is 1. The van der Waals surface area contributed by atoms with Gasteiger partial charge in [0.15, 0.2) is 11.6 Å². The zero-order valence-electron chi connectivity index (χ0n) is 18.9. The lowest BCUT2D eigenvalue weighted by Gasteiger charge is -2.12. The van der Waals surface area contributed by atoms with Crippen LogP contribution in [0.15, 0.2) is 60.8 Å². The second-order valence-corrected chi connectivity index (χ2v) is 9.86. The van der Waals surface area contributed by atoms with Crippen LogP contribution in [0.4, 0.5) is 5.82 Å². The number of ether oxygens (including phenoxy) is 2. The van der Waals surface area contributed by atoms with E-state index in [2.05, 4.69) is 20.8 Å². The van der Waals surface area contributed by atoms with Gasteiger partial charge in [0.2, 0.25) is 10.0 Å². The molecule has 0 saturated carbocycles. The molecule has 0 unspecified atom stereocenters. The van der Waals surface area contributed by atoms with Crippen molar-refractivity contribution in [2.45, 2.75) is 13.3 Å². The third kappa shape index (κ3) is 5.98. The second kappa shape index (κ2) is 10.2. The van der Waals surface area contributed by atoms with Gasteiger partial charge in [0.05, 0.1) is 40.7 Å². The van der Waals surface area contributed by atoms with Crippen molar-refractivity contribution in [1.82, 2.24) is 9.97 Å². The summed E-state index contributed by atoms with van der Waals surface area (Å²) in [5, 5.41) is 9.77. The number of sulfonamides is 1. The van der Waals surface area contributed by atoms with Crippen LogP contribution in [0.3, 0.4) is 0 Å². The fraction of sp³-hybridized carbons (Fsp3) is 0.160. The third-order valence-electron chi connectivity index (χ3n) is 4.84. The molecule has 0 radical (unpaired) electrons. The number of nitriles is 1. The van der Waals surface area contributed by atoms with E-state index in [0.717, 1.165) is 23.8 Å². The Bertz CT molecular complexity index is 1530. The van der Waals surface area contributed by atoms with Crippen molar-refractivity contribution in [3.05, 3.63) is 71.4 Å². The van der Waals surface area contributed by atoms with E-state index in [1.165, 1.54) is 6.20 Å². The summed E-state index contributed by atoms with van der Waals surface area (Å²) < 4.78 is 36.6. The standard InChI is InChI=1S/C25H21ClN4O4S/c1-3-10-33-25-18(14-27)11-20(13-21(25)26)34-19-7-4-16(5-8-19)17-6-9-22-23(12-17)28-15-24(29-22)30-35(2,31)32/h4-9,11-13,15H,3,10H2,1-2H3,(H,29,30). The summed E-state index contributed by atoms with van der Waals surface area (Å²) in [6.45, 7) is 2.44. The smallest absolute Gasteiger partial charge is 0.231 e. The van der Waals surface area contributed by atoms with E-state index in [1.54, 1.807) is 18.2 Å². The summed E-state index contributed by atoms with van der Waals surface area (Å²) in [5.41, 5.74) is 3.35. The minimum Gasteiger partial charge on any atom is -0.491 e. The largest absolute Gasteiger partial charge is 0.491 e. The number of anilines is 1. The van der Waals surface area contributed by atoms with Crippen LogP contribution in [0.1, 0.15) is 18.9 Å². The first-order chi connectivity index (χ1) is 16.8.